The third-order valence-electron chi connectivity index (χ3n) is 6.56. The topological polar surface area (TPSA) is 60.0 Å². The van der Waals surface area contributed by atoms with Gasteiger partial charge in [-0.15, -0.1) is 0 Å². The van der Waals surface area contributed by atoms with Gasteiger partial charge in [0, 0.05) is 45.2 Å². The normalized spacial score (nSPS) is 19.3. The molecule has 6 nitrogen and oxygen atoms in total. The molecule has 2 aliphatic heterocycles. The van der Waals surface area contributed by atoms with Crippen LogP contribution in [0.3, 0.4) is 0 Å². The quantitative estimate of drug-likeness (QED) is 0.456. The van der Waals surface area contributed by atoms with Crippen LogP contribution >= 0.6 is 0 Å². The number of carbonyl (C=O) groups excluding carboxylic acids is 1. The van der Waals surface area contributed by atoms with Crippen molar-refractivity contribution in [2.45, 2.75) is 58.3 Å². The minimum Gasteiger partial charge on any atom is -0.357 e. The molecule has 0 bridgehead atoms. The molecule has 6 heteroatoms. The van der Waals surface area contributed by atoms with Gasteiger partial charge in [0.15, 0.2) is 5.96 Å². The first-order chi connectivity index (χ1) is 16.2. The van der Waals surface area contributed by atoms with Crippen LogP contribution in [0.2, 0.25) is 0 Å². The average molecular weight is 448 g/mol. The molecule has 0 radical (unpaired) electrons. The predicted molar refractivity (Wildman–Crippen MR) is 134 cm³/mol. The molecule has 2 fully saturated rings. The summed E-state index contributed by atoms with van der Waals surface area (Å²) in [6.07, 6.45) is 4.15. The van der Waals surface area contributed by atoms with E-state index in [4.69, 9.17) is 4.99 Å². The molecule has 1 unspecified atom stereocenters. The summed E-state index contributed by atoms with van der Waals surface area (Å²) in [5.41, 5.74) is 3.74. The molecule has 2 N–H and O–H groups in total. The molecule has 0 spiro atoms. The summed E-state index contributed by atoms with van der Waals surface area (Å²) >= 11 is 0. The maximum absolute atomic E-state index is 11.8. The van der Waals surface area contributed by atoms with E-state index in [-0.39, 0.29) is 5.91 Å². The predicted octanol–water partition coefficient (Wildman–Crippen LogP) is 3.53. The highest BCUT2D eigenvalue weighted by atomic mass is 16.2. The summed E-state index contributed by atoms with van der Waals surface area (Å²) in [7, 11) is 0. The van der Waals surface area contributed by atoms with Crippen molar-refractivity contribution in [1.82, 2.24) is 20.4 Å². The van der Waals surface area contributed by atoms with Gasteiger partial charge >= 0.3 is 0 Å². The van der Waals surface area contributed by atoms with Crippen LogP contribution in [-0.4, -0.2) is 53.9 Å². The Morgan fingerprint density at radius 1 is 0.939 bits per heavy atom. The molecule has 1 atom stereocenters. The van der Waals surface area contributed by atoms with Crippen molar-refractivity contribution in [3.63, 3.8) is 0 Å². The van der Waals surface area contributed by atoms with Crippen LogP contribution in [0.4, 0.5) is 0 Å². The number of hydrogen-bond donors (Lipinski definition) is 2. The maximum atomic E-state index is 11.8. The maximum Gasteiger partial charge on any atom is 0.222 e. The second kappa shape index (κ2) is 11.8. The Morgan fingerprint density at radius 2 is 1.70 bits per heavy atom. The van der Waals surface area contributed by atoms with E-state index in [2.05, 4.69) is 77.1 Å². The zero-order valence-corrected chi connectivity index (χ0v) is 19.8. The zero-order valence-electron chi connectivity index (χ0n) is 19.8. The number of nitrogens with one attached hydrogen (secondary N) is 2. The van der Waals surface area contributed by atoms with E-state index >= 15 is 0 Å². The second-order valence-corrected chi connectivity index (χ2v) is 9.06. The molecule has 0 aromatic heterocycles. The molecular weight excluding hydrogens is 410 g/mol. The zero-order chi connectivity index (χ0) is 22.9. The van der Waals surface area contributed by atoms with Gasteiger partial charge in [0.25, 0.3) is 0 Å². The van der Waals surface area contributed by atoms with Gasteiger partial charge in [-0.3, -0.25) is 9.69 Å². The molecule has 1 amide bonds. The Kier molecular flexibility index (Phi) is 8.36. The molecule has 33 heavy (non-hydrogen) atoms. The van der Waals surface area contributed by atoms with Crippen molar-refractivity contribution in [2.75, 3.05) is 26.2 Å². The first kappa shape index (κ1) is 23.3. The fraction of sp³-hybridized carbons (Fsp3) is 0.481. The largest absolute Gasteiger partial charge is 0.357 e. The lowest BCUT2D eigenvalue weighted by Gasteiger charge is -2.25. The highest BCUT2D eigenvalue weighted by molar-refractivity contribution is 5.79. The number of carbonyl (C=O) groups is 1. The van der Waals surface area contributed by atoms with Crippen LogP contribution in [0.15, 0.2) is 59.6 Å². The molecule has 0 saturated carbocycles. The van der Waals surface area contributed by atoms with Gasteiger partial charge in [-0.25, -0.2) is 4.99 Å². The van der Waals surface area contributed by atoms with Gasteiger partial charge in [-0.2, -0.15) is 0 Å². The number of likely N-dealkylation sites (tertiary alicyclic amines) is 2. The van der Waals surface area contributed by atoms with Gasteiger partial charge in [0.1, 0.15) is 0 Å². The van der Waals surface area contributed by atoms with Crippen molar-refractivity contribution < 1.29 is 4.79 Å². The van der Waals surface area contributed by atoms with E-state index < -0.39 is 0 Å². The van der Waals surface area contributed by atoms with E-state index in [0.717, 1.165) is 45.1 Å². The number of guanidine groups is 1. The molecule has 2 aliphatic rings. The lowest BCUT2D eigenvalue weighted by Crippen LogP contribution is -2.44. The summed E-state index contributed by atoms with van der Waals surface area (Å²) in [6, 6.07) is 19.8. The van der Waals surface area contributed by atoms with Crippen LogP contribution in [-0.2, 0) is 24.4 Å². The fourth-order valence-electron chi connectivity index (χ4n) is 4.72. The van der Waals surface area contributed by atoms with Gasteiger partial charge in [-0.1, -0.05) is 54.6 Å². The molecular formula is C27H37N5O. The van der Waals surface area contributed by atoms with E-state index in [1.165, 1.54) is 29.5 Å². The number of benzene rings is 2. The molecule has 4 rings (SSSR count). The smallest absolute Gasteiger partial charge is 0.222 e. The van der Waals surface area contributed by atoms with E-state index in [0.29, 0.717) is 25.6 Å². The van der Waals surface area contributed by atoms with Crippen molar-refractivity contribution in [1.29, 1.82) is 0 Å². The minimum atomic E-state index is 0.273. The summed E-state index contributed by atoms with van der Waals surface area (Å²) in [5.74, 6) is 1.14. The second-order valence-electron chi connectivity index (χ2n) is 9.06. The Labute approximate surface area is 198 Å². The number of amides is 1. The summed E-state index contributed by atoms with van der Waals surface area (Å²) in [4.78, 5) is 21.2. The average Bonchev–Trinajstić information content (AvgIpc) is 3.46. The number of nitrogens with zero attached hydrogens (tertiary/aromatic N) is 3. The Morgan fingerprint density at radius 3 is 2.42 bits per heavy atom. The SMILES string of the molecule is CCNC(=NCc1ccc(CN2CCCC2=O)cc1)NCC1CCCN1Cc1ccccc1. The monoisotopic (exact) mass is 447 g/mol. The molecule has 2 aromatic carbocycles. The first-order valence-electron chi connectivity index (χ1n) is 12.4. The Balaban J connectivity index is 1.28. The number of aliphatic imine (C=N–C) groups is 1. The number of rotatable bonds is 9. The summed E-state index contributed by atoms with van der Waals surface area (Å²) in [6.45, 7) is 8.24. The van der Waals surface area contributed by atoms with Gasteiger partial charge in [0.05, 0.1) is 6.54 Å². The van der Waals surface area contributed by atoms with Gasteiger partial charge < -0.3 is 15.5 Å². The lowest BCUT2D eigenvalue weighted by atomic mass is 10.1. The van der Waals surface area contributed by atoms with Crippen LogP contribution < -0.4 is 10.6 Å². The van der Waals surface area contributed by atoms with Gasteiger partial charge in [0.2, 0.25) is 5.91 Å². The van der Waals surface area contributed by atoms with Crippen molar-refractivity contribution in [2.24, 2.45) is 4.99 Å². The highest BCUT2D eigenvalue weighted by Crippen LogP contribution is 2.19. The van der Waals surface area contributed by atoms with Crippen molar-refractivity contribution in [3.05, 3.63) is 71.3 Å². The fourth-order valence-corrected chi connectivity index (χ4v) is 4.72. The van der Waals surface area contributed by atoms with E-state index in [9.17, 15) is 4.79 Å². The van der Waals surface area contributed by atoms with E-state index in [1.807, 2.05) is 4.90 Å². The van der Waals surface area contributed by atoms with Crippen LogP contribution in [0.1, 0.15) is 49.3 Å². The molecule has 176 valence electrons. The Hall–Kier alpha value is -2.86. The highest BCUT2D eigenvalue weighted by Gasteiger charge is 2.24. The molecule has 0 aliphatic carbocycles. The minimum absolute atomic E-state index is 0.273. The standard InChI is InChI=1S/C27H37N5O/c1-2-28-27(30-19-25-10-6-16-31(25)20-23-8-4-3-5-9-23)29-18-22-12-14-24(15-13-22)21-32-17-7-11-26(32)33/h3-5,8-9,12-15,25H,2,6-7,10-11,16-21H2,1H3,(H2,28,29,30). The third-order valence-corrected chi connectivity index (χ3v) is 6.56. The molecule has 2 heterocycles. The first-order valence-corrected chi connectivity index (χ1v) is 12.4. The summed E-state index contributed by atoms with van der Waals surface area (Å²) in [5, 5.41) is 6.95. The van der Waals surface area contributed by atoms with E-state index in [1.54, 1.807) is 0 Å². The van der Waals surface area contributed by atoms with Crippen molar-refractivity contribution in [3.8, 4) is 0 Å². The Bertz CT molecular complexity index is 912. The van der Waals surface area contributed by atoms with Crippen LogP contribution in [0, 0.1) is 0 Å². The summed E-state index contributed by atoms with van der Waals surface area (Å²) < 4.78 is 0. The molecule has 2 saturated heterocycles. The lowest BCUT2D eigenvalue weighted by molar-refractivity contribution is -0.128. The number of hydrogen-bond acceptors (Lipinski definition) is 3. The van der Waals surface area contributed by atoms with Gasteiger partial charge in [-0.05, 0) is 49.4 Å². The van der Waals surface area contributed by atoms with Crippen LogP contribution in [0.5, 0.6) is 0 Å². The van der Waals surface area contributed by atoms with Crippen molar-refractivity contribution >= 4 is 11.9 Å². The van der Waals surface area contributed by atoms with Crippen LogP contribution in [0.25, 0.3) is 0 Å². The molecule has 2 aromatic rings. The third kappa shape index (κ3) is 6.81.